The molecule has 1 saturated heterocycles. The Hall–Kier alpha value is -1.25. The molecule has 1 heterocycles. The Balaban J connectivity index is 2.21. The maximum Gasteiger partial charge on any atom is 0.178 e. The van der Waals surface area contributed by atoms with Crippen molar-refractivity contribution in [2.24, 2.45) is 5.41 Å². The molecule has 0 unspecified atom stereocenters. The summed E-state index contributed by atoms with van der Waals surface area (Å²) in [6, 6.07) is 5.18. The Morgan fingerprint density at radius 1 is 1.22 bits per heavy atom. The molecule has 0 saturated carbocycles. The Morgan fingerprint density at radius 3 is 2.50 bits per heavy atom. The van der Waals surface area contributed by atoms with Crippen LogP contribution >= 0.6 is 0 Å². The van der Waals surface area contributed by atoms with Gasteiger partial charge >= 0.3 is 0 Å². The van der Waals surface area contributed by atoms with Gasteiger partial charge in [-0.05, 0) is 30.4 Å². The van der Waals surface area contributed by atoms with Crippen LogP contribution in [0, 0.1) is 11.2 Å². The summed E-state index contributed by atoms with van der Waals surface area (Å²) >= 11 is 0. The fourth-order valence-corrected chi connectivity index (χ4v) is 2.14. The molecule has 1 aliphatic heterocycles. The molecule has 0 radical (unpaired) electrons. The number of hydrogen-bond acceptors (Lipinski definition) is 2. The second kappa shape index (κ2) is 5.17. The lowest BCUT2D eigenvalue weighted by Crippen LogP contribution is -2.22. The van der Waals surface area contributed by atoms with E-state index in [0.717, 1.165) is 18.8 Å². The summed E-state index contributed by atoms with van der Waals surface area (Å²) in [5, 5.41) is 0. The minimum atomic E-state index is -0.261. The second-order valence-electron chi connectivity index (χ2n) is 6.13. The highest BCUT2D eigenvalue weighted by atomic mass is 19.1. The van der Waals surface area contributed by atoms with Gasteiger partial charge < -0.3 is 9.64 Å². The van der Waals surface area contributed by atoms with Crippen molar-refractivity contribution in [2.75, 3.05) is 24.6 Å². The number of rotatable bonds is 3. The number of nitrogens with zero attached hydrogens (tertiary/aromatic N) is 1. The van der Waals surface area contributed by atoms with Gasteiger partial charge in [-0.15, -0.1) is 0 Å². The van der Waals surface area contributed by atoms with E-state index in [1.807, 2.05) is 6.07 Å². The Kier molecular flexibility index (Phi) is 3.79. The van der Waals surface area contributed by atoms with Crippen LogP contribution in [0.2, 0.25) is 0 Å². The third-order valence-corrected chi connectivity index (χ3v) is 3.04. The average molecular weight is 251 g/mol. The first kappa shape index (κ1) is 13.2. The molecular formula is C15H22FNO. The average Bonchev–Trinajstić information content (AvgIpc) is 2.79. The number of anilines is 1. The van der Waals surface area contributed by atoms with E-state index in [9.17, 15) is 4.39 Å². The third kappa shape index (κ3) is 3.15. The summed E-state index contributed by atoms with van der Waals surface area (Å²) in [6.07, 6.45) is 2.35. The summed E-state index contributed by atoms with van der Waals surface area (Å²) in [6.45, 7) is 8.77. The molecule has 1 fully saturated rings. The predicted molar refractivity (Wildman–Crippen MR) is 72.8 cm³/mol. The van der Waals surface area contributed by atoms with Gasteiger partial charge in [0.1, 0.15) is 0 Å². The zero-order valence-electron chi connectivity index (χ0n) is 11.5. The second-order valence-corrected chi connectivity index (χ2v) is 6.13. The van der Waals surface area contributed by atoms with E-state index < -0.39 is 0 Å². The molecule has 0 N–H and O–H groups in total. The SMILES string of the molecule is CC(C)(C)COc1c(F)cccc1N1CCCC1. The van der Waals surface area contributed by atoms with E-state index in [4.69, 9.17) is 4.74 Å². The molecule has 2 nitrogen and oxygen atoms in total. The maximum atomic E-state index is 13.9. The highest BCUT2D eigenvalue weighted by molar-refractivity contribution is 5.59. The molecule has 0 amide bonds. The van der Waals surface area contributed by atoms with Gasteiger partial charge in [-0.3, -0.25) is 0 Å². The van der Waals surface area contributed by atoms with Crippen LogP contribution in [0.1, 0.15) is 33.6 Å². The molecular weight excluding hydrogens is 229 g/mol. The van der Waals surface area contributed by atoms with E-state index in [1.165, 1.54) is 18.9 Å². The van der Waals surface area contributed by atoms with E-state index >= 15 is 0 Å². The fourth-order valence-electron chi connectivity index (χ4n) is 2.14. The number of ether oxygens (including phenoxy) is 1. The lowest BCUT2D eigenvalue weighted by Gasteiger charge is -2.24. The summed E-state index contributed by atoms with van der Waals surface area (Å²) in [4.78, 5) is 2.21. The minimum absolute atomic E-state index is 0.0323. The molecule has 100 valence electrons. The van der Waals surface area contributed by atoms with Gasteiger partial charge in [0.2, 0.25) is 0 Å². The lowest BCUT2D eigenvalue weighted by atomic mass is 9.99. The zero-order valence-corrected chi connectivity index (χ0v) is 11.5. The largest absolute Gasteiger partial charge is 0.488 e. The van der Waals surface area contributed by atoms with Gasteiger partial charge in [0.15, 0.2) is 11.6 Å². The molecule has 0 spiro atoms. The van der Waals surface area contributed by atoms with Crippen molar-refractivity contribution in [3.05, 3.63) is 24.0 Å². The van der Waals surface area contributed by atoms with Crippen molar-refractivity contribution in [1.29, 1.82) is 0 Å². The minimum Gasteiger partial charge on any atom is -0.488 e. The molecule has 0 aromatic heterocycles. The van der Waals surface area contributed by atoms with Crippen molar-refractivity contribution >= 4 is 5.69 Å². The van der Waals surface area contributed by atoms with Gasteiger partial charge in [-0.1, -0.05) is 26.8 Å². The van der Waals surface area contributed by atoms with Crippen LogP contribution in [0.15, 0.2) is 18.2 Å². The summed E-state index contributed by atoms with van der Waals surface area (Å²) in [7, 11) is 0. The van der Waals surface area contributed by atoms with E-state index in [2.05, 4.69) is 25.7 Å². The van der Waals surface area contributed by atoms with Crippen molar-refractivity contribution in [3.8, 4) is 5.75 Å². The molecule has 1 aromatic carbocycles. The molecule has 0 bridgehead atoms. The van der Waals surface area contributed by atoms with E-state index in [0.29, 0.717) is 12.4 Å². The predicted octanol–water partition coefficient (Wildman–Crippen LogP) is 3.85. The quantitative estimate of drug-likeness (QED) is 0.809. The zero-order chi connectivity index (χ0) is 13.2. The molecule has 1 aliphatic rings. The summed E-state index contributed by atoms with van der Waals surface area (Å²) in [5.41, 5.74) is 0.932. The smallest absolute Gasteiger partial charge is 0.178 e. The number of para-hydroxylation sites is 1. The molecule has 3 heteroatoms. The Morgan fingerprint density at radius 2 is 1.89 bits per heavy atom. The first-order valence-electron chi connectivity index (χ1n) is 6.64. The molecule has 18 heavy (non-hydrogen) atoms. The molecule has 0 atom stereocenters. The summed E-state index contributed by atoms with van der Waals surface area (Å²) in [5.74, 6) is 0.151. The molecule has 2 rings (SSSR count). The first-order valence-corrected chi connectivity index (χ1v) is 6.64. The van der Waals surface area contributed by atoms with Crippen LogP contribution in [0.4, 0.5) is 10.1 Å². The van der Waals surface area contributed by atoms with Gasteiger partial charge in [0.05, 0.1) is 12.3 Å². The van der Waals surface area contributed by atoms with Crippen molar-refractivity contribution < 1.29 is 9.13 Å². The highest BCUT2D eigenvalue weighted by Crippen LogP contribution is 2.34. The molecule has 0 aliphatic carbocycles. The first-order chi connectivity index (χ1) is 8.47. The maximum absolute atomic E-state index is 13.9. The third-order valence-electron chi connectivity index (χ3n) is 3.04. The van der Waals surface area contributed by atoms with Crippen LogP contribution in [0.5, 0.6) is 5.75 Å². The number of benzene rings is 1. The molecule has 1 aromatic rings. The number of hydrogen-bond donors (Lipinski definition) is 0. The standard InChI is InChI=1S/C15H22FNO/c1-15(2,3)11-18-14-12(16)7-6-8-13(14)17-9-4-5-10-17/h6-8H,4-5,9-11H2,1-3H3. The highest BCUT2D eigenvalue weighted by Gasteiger charge is 2.21. The van der Waals surface area contributed by atoms with Crippen LogP contribution in [0.25, 0.3) is 0 Å². The Bertz CT molecular complexity index is 405. The topological polar surface area (TPSA) is 12.5 Å². The van der Waals surface area contributed by atoms with Gasteiger partial charge in [-0.25, -0.2) is 4.39 Å². The summed E-state index contributed by atoms with van der Waals surface area (Å²) < 4.78 is 19.7. The van der Waals surface area contributed by atoms with Crippen LogP contribution in [0.3, 0.4) is 0 Å². The van der Waals surface area contributed by atoms with Crippen molar-refractivity contribution in [3.63, 3.8) is 0 Å². The van der Waals surface area contributed by atoms with Crippen molar-refractivity contribution in [2.45, 2.75) is 33.6 Å². The van der Waals surface area contributed by atoms with E-state index in [-0.39, 0.29) is 11.2 Å². The van der Waals surface area contributed by atoms with Crippen molar-refractivity contribution in [1.82, 2.24) is 0 Å². The van der Waals surface area contributed by atoms with Gasteiger partial charge in [0, 0.05) is 13.1 Å². The number of halogens is 1. The van der Waals surface area contributed by atoms with Crippen LogP contribution in [-0.4, -0.2) is 19.7 Å². The van der Waals surface area contributed by atoms with Crippen LogP contribution < -0.4 is 9.64 Å². The van der Waals surface area contributed by atoms with Gasteiger partial charge in [-0.2, -0.15) is 0 Å². The lowest BCUT2D eigenvalue weighted by molar-refractivity contribution is 0.191. The van der Waals surface area contributed by atoms with E-state index in [1.54, 1.807) is 6.07 Å². The van der Waals surface area contributed by atoms with Gasteiger partial charge in [0.25, 0.3) is 0 Å². The normalized spacial score (nSPS) is 16.1. The Labute approximate surface area is 109 Å². The monoisotopic (exact) mass is 251 g/mol. The van der Waals surface area contributed by atoms with Crippen LogP contribution in [-0.2, 0) is 0 Å². The fraction of sp³-hybridized carbons (Fsp3) is 0.600.